The fraction of sp³-hybridized carbons (Fsp3) is 0.381. The van der Waals surface area contributed by atoms with Gasteiger partial charge in [0.25, 0.3) is 5.56 Å². The van der Waals surface area contributed by atoms with Gasteiger partial charge < -0.3 is 9.88 Å². The van der Waals surface area contributed by atoms with Gasteiger partial charge in [-0.05, 0) is 48.9 Å². The summed E-state index contributed by atoms with van der Waals surface area (Å²) in [6.07, 6.45) is 1.66. The molecule has 3 N–H and O–H groups in total. The zero-order valence-electron chi connectivity index (χ0n) is 16.6. The fourth-order valence-corrected chi connectivity index (χ4v) is 5.28. The van der Waals surface area contributed by atoms with Crippen molar-refractivity contribution in [3.63, 3.8) is 0 Å². The topological polar surface area (TPSA) is 99.2 Å². The number of fused-ring (bicyclic) bond motifs is 1. The SMILES string of the molecule is O=C(C1CC(c2cccs2)NN1)N1CCC(n2c(=O)[nH]c3ccc(F)cc3c2=O)CC1. The molecule has 162 valence electrons. The van der Waals surface area contributed by atoms with Crippen molar-refractivity contribution in [2.45, 2.75) is 37.4 Å². The normalized spacial score (nSPS) is 22.3. The van der Waals surface area contributed by atoms with Gasteiger partial charge in [-0.25, -0.2) is 20.0 Å². The molecule has 0 bridgehead atoms. The summed E-state index contributed by atoms with van der Waals surface area (Å²) in [4.78, 5) is 44.0. The minimum Gasteiger partial charge on any atom is -0.341 e. The first kappa shape index (κ1) is 20.1. The molecule has 2 unspecified atom stereocenters. The lowest BCUT2D eigenvalue weighted by atomic mass is 10.0. The molecule has 0 radical (unpaired) electrons. The summed E-state index contributed by atoms with van der Waals surface area (Å²) >= 11 is 1.66. The maximum Gasteiger partial charge on any atom is 0.329 e. The van der Waals surface area contributed by atoms with Crippen molar-refractivity contribution < 1.29 is 9.18 Å². The molecule has 0 aliphatic carbocycles. The van der Waals surface area contributed by atoms with Crippen molar-refractivity contribution in [2.75, 3.05) is 13.1 Å². The second-order valence-corrected chi connectivity index (χ2v) is 8.98. The average molecular weight is 444 g/mol. The summed E-state index contributed by atoms with van der Waals surface area (Å²) < 4.78 is 14.8. The van der Waals surface area contributed by atoms with Gasteiger partial charge >= 0.3 is 5.69 Å². The second kappa shape index (κ2) is 8.03. The first-order valence-corrected chi connectivity index (χ1v) is 11.2. The van der Waals surface area contributed by atoms with E-state index in [0.29, 0.717) is 37.9 Å². The van der Waals surface area contributed by atoms with Gasteiger partial charge in [0.05, 0.1) is 16.9 Å². The fourth-order valence-electron chi connectivity index (χ4n) is 4.49. The maximum absolute atomic E-state index is 13.6. The zero-order chi connectivity index (χ0) is 21.5. The molecule has 4 heterocycles. The van der Waals surface area contributed by atoms with E-state index >= 15 is 0 Å². The molecule has 31 heavy (non-hydrogen) atoms. The summed E-state index contributed by atoms with van der Waals surface area (Å²) in [5.74, 6) is -0.506. The number of hydrogen-bond acceptors (Lipinski definition) is 6. The zero-order valence-corrected chi connectivity index (χ0v) is 17.5. The third-order valence-electron chi connectivity index (χ3n) is 6.12. The van der Waals surface area contributed by atoms with E-state index in [1.54, 1.807) is 16.2 Å². The molecule has 0 spiro atoms. The van der Waals surface area contributed by atoms with E-state index in [9.17, 15) is 18.8 Å². The van der Waals surface area contributed by atoms with Gasteiger partial charge in [-0.15, -0.1) is 11.3 Å². The number of piperidine rings is 1. The predicted molar refractivity (Wildman–Crippen MR) is 115 cm³/mol. The standard InChI is InChI=1S/C21H22FN5O3S/c22-12-3-4-15-14(10-12)19(28)27(21(30)23-15)13-5-7-26(8-6-13)20(29)17-11-16(24-25-17)18-2-1-9-31-18/h1-4,9-10,13,16-17,24-25H,5-8,11H2,(H,23,30). The average Bonchev–Trinajstić information content (AvgIpc) is 3.46. The molecule has 2 saturated heterocycles. The Morgan fingerprint density at radius 2 is 1.94 bits per heavy atom. The number of likely N-dealkylation sites (tertiary alicyclic amines) is 1. The highest BCUT2D eigenvalue weighted by molar-refractivity contribution is 7.10. The Bertz CT molecular complexity index is 1230. The number of carbonyl (C=O) groups is 1. The van der Waals surface area contributed by atoms with Gasteiger partial charge in [0.15, 0.2) is 0 Å². The van der Waals surface area contributed by atoms with Crippen LogP contribution in [0.5, 0.6) is 0 Å². The Morgan fingerprint density at radius 3 is 2.68 bits per heavy atom. The van der Waals surface area contributed by atoms with Crippen LogP contribution in [0.3, 0.4) is 0 Å². The van der Waals surface area contributed by atoms with E-state index in [-0.39, 0.29) is 29.4 Å². The molecule has 2 atom stereocenters. The van der Waals surface area contributed by atoms with Crippen LogP contribution >= 0.6 is 11.3 Å². The van der Waals surface area contributed by atoms with Crippen molar-refractivity contribution in [2.24, 2.45) is 0 Å². The first-order chi connectivity index (χ1) is 15.0. The van der Waals surface area contributed by atoms with Crippen LogP contribution in [0.15, 0.2) is 45.3 Å². The van der Waals surface area contributed by atoms with Crippen molar-refractivity contribution >= 4 is 28.1 Å². The Balaban J connectivity index is 1.28. The van der Waals surface area contributed by atoms with Gasteiger partial charge in [-0.1, -0.05) is 6.07 Å². The van der Waals surface area contributed by atoms with Gasteiger partial charge in [0.2, 0.25) is 5.91 Å². The van der Waals surface area contributed by atoms with E-state index in [2.05, 4.69) is 15.8 Å². The van der Waals surface area contributed by atoms with Gasteiger partial charge in [0, 0.05) is 24.0 Å². The minimum atomic E-state index is -0.526. The maximum atomic E-state index is 13.6. The number of thiophene rings is 1. The van der Waals surface area contributed by atoms with Crippen LogP contribution in [0.1, 0.15) is 36.2 Å². The highest BCUT2D eigenvalue weighted by Gasteiger charge is 2.35. The van der Waals surface area contributed by atoms with Crippen molar-refractivity contribution in [3.8, 4) is 0 Å². The number of amides is 1. The molecular weight excluding hydrogens is 421 g/mol. The van der Waals surface area contributed by atoms with E-state index in [4.69, 9.17) is 0 Å². The Hall–Kier alpha value is -2.82. The third-order valence-corrected chi connectivity index (χ3v) is 7.11. The molecule has 2 aromatic heterocycles. The molecule has 0 saturated carbocycles. The Labute approximate surface area is 180 Å². The highest BCUT2D eigenvalue weighted by atomic mass is 32.1. The van der Waals surface area contributed by atoms with E-state index in [1.165, 1.54) is 21.6 Å². The number of nitrogens with one attached hydrogen (secondary N) is 3. The summed E-state index contributed by atoms with van der Waals surface area (Å²) in [6, 6.07) is 7.26. The van der Waals surface area contributed by atoms with Crippen LogP contribution < -0.4 is 22.1 Å². The molecule has 1 aromatic carbocycles. The smallest absolute Gasteiger partial charge is 0.329 e. The van der Waals surface area contributed by atoms with E-state index < -0.39 is 17.1 Å². The monoisotopic (exact) mass is 443 g/mol. The third kappa shape index (κ3) is 3.71. The molecule has 5 rings (SSSR count). The van der Waals surface area contributed by atoms with E-state index in [1.807, 2.05) is 17.5 Å². The van der Waals surface area contributed by atoms with Crippen LogP contribution in [-0.2, 0) is 4.79 Å². The lowest BCUT2D eigenvalue weighted by Crippen LogP contribution is -2.50. The number of aromatic amines is 1. The molecule has 8 nitrogen and oxygen atoms in total. The number of halogens is 1. The number of hydrogen-bond donors (Lipinski definition) is 3. The summed E-state index contributed by atoms with van der Waals surface area (Å²) in [5, 5.41) is 2.17. The number of hydrazine groups is 1. The largest absolute Gasteiger partial charge is 0.341 e. The van der Waals surface area contributed by atoms with Crippen molar-refractivity contribution in [3.05, 3.63) is 67.2 Å². The quantitative estimate of drug-likeness (QED) is 0.572. The van der Waals surface area contributed by atoms with Crippen molar-refractivity contribution in [1.29, 1.82) is 0 Å². The van der Waals surface area contributed by atoms with Gasteiger partial charge in [-0.2, -0.15) is 0 Å². The van der Waals surface area contributed by atoms with Crippen molar-refractivity contribution in [1.82, 2.24) is 25.3 Å². The molecule has 2 fully saturated rings. The summed E-state index contributed by atoms with van der Waals surface area (Å²) in [6.45, 7) is 0.914. The van der Waals surface area contributed by atoms with Crippen LogP contribution in [0.2, 0.25) is 0 Å². The van der Waals surface area contributed by atoms with Crippen LogP contribution in [0.4, 0.5) is 4.39 Å². The number of H-pyrrole nitrogens is 1. The Kier molecular flexibility index (Phi) is 5.20. The van der Waals surface area contributed by atoms with Gasteiger partial charge in [-0.3, -0.25) is 14.2 Å². The predicted octanol–water partition coefficient (Wildman–Crippen LogP) is 1.66. The molecular formula is C21H22FN5O3S. The molecule has 2 aliphatic heterocycles. The lowest BCUT2D eigenvalue weighted by Gasteiger charge is -2.33. The molecule has 10 heteroatoms. The molecule has 1 amide bonds. The first-order valence-electron chi connectivity index (χ1n) is 10.3. The number of benzene rings is 1. The highest BCUT2D eigenvalue weighted by Crippen LogP contribution is 2.28. The van der Waals surface area contributed by atoms with Crippen LogP contribution in [0.25, 0.3) is 10.9 Å². The number of nitrogens with zero attached hydrogens (tertiary/aromatic N) is 2. The number of aromatic nitrogens is 2. The summed E-state index contributed by atoms with van der Waals surface area (Å²) in [5.41, 5.74) is 5.61. The number of rotatable bonds is 3. The van der Waals surface area contributed by atoms with Gasteiger partial charge in [0.1, 0.15) is 11.9 Å². The number of carbonyl (C=O) groups excluding carboxylic acids is 1. The summed E-state index contributed by atoms with van der Waals surface area (Å²) in [7, 11) is 0. The molecule has 3 aromatic rings. The van der Waals surface area contributed by atoms with E-state index in [0.717, 1.165) is 6.07 Å². The molecule has 2 aliphatic rings. The lowest BCUT2D eigenvalue weighted by molar-refractivity contribution is -0.134. The second-order valence-electron chi connectivity index (χ2n) is 8.00. The van der Waals surface area contributed by atoms with Crippen LogP contribution in [0, 0.1) is 5.82 Å². The minimum absolute atomic E-state index is 0.0202. The van der Waals surface area contributed by atoms with Crippen LogP contribution in [-0.4, -0.2) is 39.5 Å². The Morgan fingerprint density at radius 1 is 1.13 bits per heavy atom.